The van der Waals surface area contributed by atoms with Crippen LogP contribution in [0.25, 0.3) is 0 Å². The SMILES string of the molecule is Cc1ccc(N2C[C@H](C(=O)Oc3ccc(N4C(=O)[C@H]5C[C@H](Br)[C@@H](Br)C[C@H]5C4=O)c(C)c3)CC2=O)cc1. The van der Waals surface area contributed by atoms with E-state index < -0.39 is 11.9 Å². The number of anilines is 2. The summed E-state index contributed by atoms with van der Waals surface area (Å²) in [5.41, 5.74) is 3.03. The van der Waals surface area contributed by atoms with Gasteiger partial charge in [-0.1, -0.05) is 49.6 Å². The Morgan fingerprint density at radius 2 is 1.53 bits per heavy atom. The van der Waals surface area contributed by atoms with Gasteiger partial charge in [0, 0.05) is 28.3 Å². The van der Waals surface area contributed by atoms with E-state index in [0.29, 0.717) is 29.8 Å². The van der Waals surface area contributed by atoms with Gasteiger partial charge in [-0.3, -0.25) is 19.2 Å². The lowest BCUT2D eigenvalue weighted by molar-refractivity contribution is -0.139. The molecule has 0 N–H and O–H groups in total. The van der Waals surface area contributed by atoms with Crippen molar-refractivity contribution in [1.29, 1.82) is 0 Å². The highest BCUT2D eigenvalue weighted by atomic mass is 79.9. The third kappa shape index (κ3) is 4.52. The van der Waals surface area contributed by atoms with Crippen LogP contribution >= 0.6 is 31.9 Å². The van der Waals surface area contributed by atoms with Gasteiger partial charge in [0.25, 0.3) is 0 Å². The van der Waals surface area contributed by atoms with Crippen LogP contribution in [0.2, 0.25) is 0 Å². The summed E-state index contributed by atoms with van der Waals surface area (Å²) in [6.07, 6.45) is 1.30. The fraction of sp³-hybridized carbons (Fsp3) is 0.407. The van der Waals surface area contributed by atoms with Crippen LogP contribution < -0.4 is 14.5 Å². The summed E-state index contributed by atoms with van der Waals surface area (Å²) in [5.74, 6) is -1.86. The third-order valence-electron chi connectivity index (χ3n) is 7.34. The van der Waals surface area contributed by atoms with Gasteiger partial charge in [0.15, 0.2) is 0 Å². The van der Waals surface area contributed by atoms with Crippen molar-refractivity contribution in [2.45, 2.75) is 42.8 Å². The largest absolute Gasteiger partial charge is 0.426 e. The van der Waals surface area contributed by atoms with Crippen molar-refractivity contribution < 1.29 is 23.9 Å². The lowest BCUT2D eigenvalue weighted by Gasteiger charge is -2.29. The standard InChI is InChI=1S/C27H26Br2N2O5/c1-14-3-5-17(6-4-14)30-13-16(10-24(30)32)27(35)36-18-7-8-23(15(2)9-18)31-25(33)19-11-21(28)22(29)12-20(19)26(31)34/h3-9,16,19-22H,10-13H2,1-2H3/t16-,19-,20+,21+,22+/m1/s1. The van der Waals surface area contributed by atoms with Gasteiger partial charge in [0.05, 0.1) is 23.4 Å². The number of carbonyl (C=O) groups is 4. The molecular weight excluding hydrogens is 592 g/mol. The van der Waals surface area contributed by atoms with Crippen molar-refractivity contribution in [2.24, 2.45) is 17.8 Å². The van der Waals surface area contributed by atoms with E-state index in [2.05, 4.69) is 31.9 Å². The molecular formula is C27H26Br2N2O5. The molecule has 0 spiro atoms. The minimum absolute atomic E-state index is 0.0897. The van der Waals surface area contributed by atoms with Crippen LogP contribution in [0.4, 0.5) is 11.4 Å². The molecule has 1 saturated carbocycles. The molecule has 2 heterocycles. The zero-order valence-corrected chi connectivity index (χ0v) is 23.1. The Morgan fingerprint density at radius 1 is 0.917 bits per heavy atom. The molecule has 5 atom stereocenters. The minimum Gasteiger partial charge on any atom is -0.426 e. The third-order valence-corrected chi connectivity index (χ3v) is 10.1. The van der Waals surface area contributed by atoms with E-state index in [1.807, 2.05) is 31.2 Å². The Balaban J connectivity index is 1.28. The first kappa shape index (κ1) is 25.1. The monoisotopic (exact) mass is 616 g/mol. The Morgan fingerprint density at radius 3 is 2.11 bits per heavy atom. The molecule has 3 aliphatic rings. The summed E-state index contributed by atoms with van der Waals surface area (Å²) < 4.78 is 5.61. The van der Waals surface area contributed by atoms with Crippen LogP contribution in [-0.4, -0.2) is 39.9 Å². The Bertz CT molecular complexity index is 1220. The highest BCUT2D eigenvalue weighted by Crippen LogP contribution is 2.45. The average molecular weight is 618 g/mol. The fourth-order valence-electron chi connectivity index (χ4n) is 5.31. The Kier molecular flexibility index (Phi) is 6.80. The normalized spacial score (nSPS) is 28.0. The first-order valence-electron chi connectivity index (χ1n) is 12.0. The number of fused-ring (bicyclic) bond motifs is 1. The summed E-state index contributed by atoms with van der Waals surface area (Å²) in [6, 6.07) is 12.5. The zero-order valence-electron chi connectivity index (χ0n) is 19.9. The maximum absolute atomic E-state index is 13.1. The number of imide groups is 1. The van der Waals surface area contributed by atoms with E-state index in [1.165, 1.54) is 4.90 Å². The lowest BCUT2D eigenvalue weighted by Crippen LogP contribution is -2.34. The van der Waals surface area contributed by atoms with Crippen molar-refractivity contribution in [1.82, 2.24) is 0 Å². The van der Waals surface area contributed by atoms with Crippen LogP contribution in [0.15, 0.2) is 42.5 Å². The van der Waals surface area contributed by atoms with Crippen LogP contribution in [0.3, 0.4) is 0 Å². The first-order valence-corrected chi connectivity index (χ1v) is 13.8. The molecule has 0 unspecified atom stereocenters. The molecule has 3 fully saturated rings. The summed E-state index contributed by atoms with van der Waals surface area (Å²) in [5, 5.41) is 0. The van der Waals surface area contributed by atoms with Gasteiger partial charge < -0.3 is 9.64 Å². The van der Waals surface area contributed by atoms with Crippen molar-refractivity contribution in [3.8, 4) is 5.75 Å². The number of ether oxygens (including phenoxy) is 1. The Labute approximate surface area is 226 Å². The molecule has 0 radical (unpaired) electrons. The van der Waals surface area contributed by atoms with E-state index in [1.54, 1.807) is 30.0 Å². The molecule has 0 bridgehead atoms. The summed E-state index contributed by atoms with van der Waals surface area (Å²) in [6.45, 7) is 4.03. The predicted molar refractivity (Wildman–Crippen MR) is 143 cm³/mol. The molecule has 2 aliphatic heterocycles. The molecule has 9 heteroatoms. The second-order valence-electron chi connectivity index (χ2n) is 9.84. The number of benzene rings is 2. The molecule has 5 rings (SSSR count). The molecule has 7 nitrogen and oxygen atoms in total. The number of aryl methyl sites for hydroxylation is 2. The zero-order chi connectivity index (χ0) is 25.7. The number of carbonyl (C=O) groups excluding carboxylic acids is 4. The van der Waals surface area contributed by atoms with Gasteiger partial charge in [-0.25, -0.2) is 4.90 Å². The fourth-order valence-corrected chi connectivity index (χ4v) is 6.55. The second-order valence-corrected chi connectivity index (χ2v) is 12.2. The lowest BCUT2D eigenvalue weighted by atomic mass is 9.81. The summed E-state index contributed by atoms with van der Waals surface area (Å²) >= 11 is 7.22. The predicted octanol–water partition coefficient (Wildman–Crippen LogP) is 4.69. The van der Waals surface area contributed by atoms with Gasteiger partial charge in [-0.15, -0.1) is 0 Å². The smallest absolute Gasteiger partial charge is 0.316 e. The maximum Gasteiger partial charge on any atom is 0.316 e. The van der Waals surface area contributed by atoms with E-state index >= 15 is 0 Å². The number of hydrogen-bond acceptors (Lipinski definition) is 5. The molecule has 36 heavy (non-hydrogen) atoms. The topological polar surface area (TPSA) is 84.0 Å². The molecule has 3 amide bonds. The minimum atomic E-state index is -0.571. The highest BCUT2D eigenvalue weighted by Gasteiger charge is 2.52. The summed E-state index contributed by atoms with van der Waals surface area (Å²) in [7, 11) is 0. The number of alkyl halides is 2. The van der Waals surface area contributed by atoms with Crippen LogP contribution in [0.1, 0.15) is 30.4 Å². The quantitative estimate of drug-likeness (QED) is 0.215. The highest BCUT2D eigenvalue weighted by molar-refractivity contribution is 9.12. The molecule has 2 aromatic rings. The van der Waals surface area contributed by atoms with Gasteiger partial charge in [0.1, 0.15) is 5.75 Å². The van der Waals surface area contributed by atoms with Crippen LogP contribution in [0, 0.1) is 31.6 Å². The van der Waals surface area contributed by atoms with E-state index in [0.717, 1.165) is 11.3 Å². The van der Waals surface area contributed by atoms with Crippen LogP contribution in [0.5, 0.6) is 5.75 Å². The van der Waals surface area contributed by atoms with Gasteiger partial charge >= 0.3 is 5.97 Å². The van der Waals surface area contributed by atoms with Gasteiger partial charge in [-0.05, 0) is 62.6 Å². The number of halogens is 2. The molecule has 2 saturated heterocycles. The number of nitrogens with zero attached hydrogens (tertiary/aromatic N) is 2. The van der Waals surface area contributed by atoms with Crippen LogP contribution in [-0.2, 0) is 19.2 Å². The number of rotatable bonds is 4. The summed E-state index contributed by atoms with van der Waals surface area (Å²) in [4.78, 5) is 54.8. The van der Waals surface area contributed by atoms with Crippen molar-refractivity contribution >= 4 is 66.9 Å². The number of hydrogen-bond donors (Lipinski definition) is 0. The molecule has 2 aromatic carbocycles. The van der Waals surface area contributed by atoms with E-state index in [4.69, 9.17) is 4.74 Å². The number of amides is 3. The van der Waals surface area contributed by atoms with Crippen molar-refractivity contribution in [3.05, 3.63) is 53.6 Å². The molecule has 188 valence electrons. The maximum atomic E-state index is 13.1. The second kappa shape index (κ2) is 9.74. The number of esters is 1. The van der Waals surface area contributed by atoms with E-state index in [9.17, 15) is 19.2 Å². The molecule has 0 aromatic heterocycles. The Hall–Kier alpha value is -2.52. The van der Waals surface area contributed by atoms with E-state index in [-0.39, 0.29) is 52.2 Å². The average Bonchev–Trinajstić information content (AvgIpc) is 3.33. The van der Waals surface area contributed by atoms with Crippen molar-refractivity contribution in [3.63, 3.8) is 0 Å². The molecule has 1 aliphatic carbocycles. The van der Waals surface area contributed by atoms with Crippen molar-refractivity contribution in [2.75, 3.05) is 16.3 Å². The first-order chi connectivity index (χ1) is 17.1. The van der Waals surface area contributed by atoms with Gasteiger partial charge in [0.2, 0.25) is 17.7 Å². The van der Waals surface area contributed by atoms with Gasteiger partial charge in [-0.2, -0.15) is 0 Å².